The van der Waals surface area contributed by atoms with Gasteiger partial charge in [-0.15, -0.1) is 0 Å². The fourth-order valence-electron chi connectivity index (χ4n) is 3.34. The first-order valence-corrected chi connectivity index (χ1v) is 8.80. The number of pyridine rings is 1. The molecule has 3 rings (SSSR count). The van der Waals surface area contributed by atoms with Crippen molar-refractivity contribution in [3.63, 3.8) is 0 Å². The van der Waals surface area contributed by atoms with E-state index in [1.165, 1.54) is 11.9 Å². The molecular weight excluding hydrogens is 336 g/mol. The lowest BCUT2D eigenvalue weighted by Crippen LogP contribution is -2.44. The van der Waals surface area contributed by atoms with Crippen molar-refractivity contribution in [2.75, 3.05) is 27.2 Å². The topological polar surface area (TPSA) is 83.1 Å². The monoisotopic (exact) mass is 360 g/mol. The van der Waals surface area contributed by atoms with Crippen LogP contribution in [0.15, 0.2) is 24.5 Å². The lowest BCUT2D eigenvalue weighted by molar-refractivity contribution is -0.138. The van der Waals surface area contributed by atoms with Gasteiger partial charge in [0.25, 0.3) is 5.91 Å². The summed E-state index contributed by atoms with van der Waals surface area (Å²) in [5, 5.41) is 0. The zero-order valence-corrected chi connectivity index (χ0v) is 15.1. The predicted molar refractivity (Wildman–Crippen MR) is 93.0 cm³/mol. The van der Waals surface area contributed by atoms with E-state index in [9.17, 15) is 14.4 Å². The normalized spacial score (nSPS) is 21.6. The third-order valence-corrected chi connectivity index (χ3v) is 5.04. The molecule has 0 spiro atoms. The summed E-state index contributed by atoms with van der Waals surface area (Å²) in [7, 11) is 3.00. The summed E-state index contributed by atoms with van der Waals surface area (Å²) in [4.78, 5) is 44.6. The Bertz CT molecular complexity index is 673. The van der Waals surface area contributed by atoms with Crippen molar-refractivity contribution in [3.8, 4) is 0 Å². The van der Waals surface area contributed by atoms with E-state index in [1.54, 1.807) is 24.3 Å². The van der Waals surface area contributed by atoms with Crippen LogP contribution in [0.4, 0.5) is 4.79 Å². The Balaban J connectivity index is 1.45. The van der Waals surface area contributed by atoms with Crippen LogP contribution >= 0.6 is 0 Å². The molecule has 140 valence electrons. The maximum Gasteiger partial charge on any atom is 0.326 e. The van der Waals surface area contributed by atoms with Crippen LogP contribution in [0.1, 0.15) is 24.8 Å². The minimum Gasteiger partial charge on any atom is -0.373 e. The van der Waals surface area contributed by atoms with Gasteiger partial charge >= 0.3 is 6.03 Å². The molecule has 26 heavy (non-hydrogen) atoms. The molecular formula is C18H24N4O4. The zero-order valence-electron chi connectivity index (χ0n) is 15.1. The van der Waals surface area contributed by atoms with Crippen LogP contribution in [-0.4, -0.2) is 76.9 Å². The highest BCUT2D eigenvalue weighted by atomic mass is 16.5. The molecule has 1 aromatic heterocycles. The summed E-state index contributed by atoms with van der Waals surface area (Å²) in [5.74, 6) is -0.412. The van der Waals surface area contributed by atoms with Gasteiger partial charge in [0.2, 0.25) is 5.91 Å². The van der Waals surface area contributed by atoms with Crippen molar-refractivity contribution in [1.82, 2.24) is 19.7 Å². The summed E-state index contributed by atoms with van der Waals surface area (Å²) in [5.41, 5.74) is 1.03. The van der Waals surface area contributed by atoms with Crippen LogP contribution < -0.4 is 0 Å². The minimum atomic E-state index is -0.695. The Hall–Kier alpha value is -2.48. The van der Waals surface area contributed by atoms with Crippen molar-refractivity contribution in [2.24, 2.45) is 0 Å². The Kier molecular flexibility index (Phi) is 5.51. The molecule has 0 N–H and O–H groups in total. The first-order valence-electron chi connectivity index (χ1n) is 8.80. The molecule has 0 aliphatic carbocycles. The van der Waals surface area contributed by atoms with E-state index in [0.717, 1.165) is 23.3 Å². The number of carbonyl (C=O) groups excluding carboxylic acids is 3. The highest BCUT2D eigenvalue weighted by Crippen LogP contribution is 2.20. The molecule has 4 amide bonds. The number of piperidine rings is 1. The van der Waals surface area contributed by atoms with Crippen LogP contribution in [0, 0.1) is 0 Å². The van der Waals surface area contributed by atoms with E-state index in [1.807, 2.05) is 12.1 Å². The second-order valence-corrected chi connectivity index (χ2v) is 6.76. The highest BCUT2D eigenvalue weighted by Gasteiger charge is 2.42. The highest BCUT2D eigenvalue weighted by molar-refractivity contribution is 6.05. The van der Waals surface area contributed by atoms with Gasteiger partial charge in [-0.05, 0) is 24.5 Å². The standard InChI is InChI=1S/C18H24N4O4/c1-20-15(17(24)21(2)18(20)25)10-16(23)22-8-5-14(6-9-22)26-12-13-4-3-7-19-11-13/h3-4,7,11,14-15H,5-6,8-10,12H2,1-2H3/t15-/m0/s1. The Morgan fingerprint density at radius 2 is 2.00 bits per heavy atom. The Morgan fingerprint density at radius 1 is 1.27 bits per heavy atom. The molecule has 8 heteroatoms. The third-order valence-electron chi connectivity index (χ3n) is 5.04. The largest absolute Gasteiger partial charge is 0.373 e. The quantitative estimate of drug-likeness (QED) is 0.728. The molecule has 1 aromatic rings. The molecule has 8 nitrogen and oxygen atoms in total. The van der Waals surface area contributed by atoms with Crippen molar-refractivity contribution in [2.45, 2.75) is 38.0 Å². The van der Waals surface area contributed by atoms with Crippen molar-refractivity contribution < 1.29 is 19.1 Å². The lowest BCUT2D eigenvalue weighted by Gasteiger charge is -2.32. The third kappa shape index (κ3) is 3.85. The van der Waals surface area contributed by atoms with Crippen LogP contribution in [0.3, 0.4) is 0 Å². The average molecular weight is 360 g/mol. The van der Waals surface area contributed by atoms with Crippen molar-refractivity contribution >= 4 is 17.8 Å². The van der Waals surface area contributed by atoms with Crippen molar-refractivity contribution in [1.29, 1.82) is 0 Å². The van der Waals surface area contributed by atoms with E-state index in [0.29, 0.717) is 19.7 Å². The van der Waals surface area contributed by atoms with Gasteiger partial charge in [0.05, 0.1) is 19.1 Å². The summed E-state index contributed by atoms with van der Waals surface area (Å²) in [6.45, 7) is 1.72. The van der Waals surface area contributed by atoms with Crippen molar-refractivity contribution in [3.05, 3.63) is 30.1 Å². The molecule has 0 saturated carbocycles. The molecule has 3 heterocycles. The van der Waals surface area contributed by atoms with Crippen LogP contribution in [-0.2, 0) is 20.9 Å². The van der Waals surface area contributed by atoms with E-state index >= 15 is 0 Å². The smallest absolute Gasteiger partial charge is 0.326 e. The molecule has 0 bridgehead atoms. The second-order valence-electron chi connectivity index (χ2n) is 6.76. The first kappa shape index (κ1) is 18.3. The first-order chi connectivity index (χ1) is 12.5. The second kappa shape index (κ2) is 7.82. The molecule has 2 fully saturated rings. The van der Waals surface area contributed by atoms with Gasteiger partial charge in [-0.25, -0.2) is 4.79 Å². The number of likely N-dealkylation sites (tertiary alicyclic amines) is 1. The summed E-state index contributed by atoms with van der Waals surface area (Å²) in [6, 6.07) is 2.79. The van der Waals surface area contributed by atoms with Crippen LogP contribution in [0.25, 0.3) is 0 Å². The Morgan fingerprint density at radius 3 is 2.58 bits per heavy atom. The van der Waals surface area contributed by atoms with Gasteiger partial charge in [0.15, 0.2) is 0 Å². The predicted octanol–water partition coefficient (Wildman–Crippen LogP) is 0.872. The number of ether oxygens (including phenoxy) is 1. The summed E-state index contributed by atoms with van der Waals surface area (Å²) >= 11 is 0. The fourth-order valence-corrected chi connectivity index (χ4v) is 3.34. The van der Waals surface area contributed by atoms with E-state index in [4.69, 9.17) is 4.74 Å². The van der Waals surface area contributed by atoms with Gasteiger partial charge in [0.1, 0.15) is 6.04 Å². The number of urea groups is 1. The summed E-state index contributed by atoms with van der Waals surface area (Å²) < 4.78 is 5.90. The zero-order chi connectivity index (χ0) is 18.7. The number of aromatic nitrogens is 1. The fraction of sp³-hybridized carbons (Fsp3) is 0.556. The molecule has 0 aromatic carbocycles. The number of hydrogen-bond acceptors (Lipinski definition) is 5. The number of rotatable bonds is 5. The summed E-state index contributed by atoms with van der Waals surface area (Å²) in [6.07, 6.45) is 5.19. The number of amides is 4. The van der Waals surface area contributed by atoms with Gasteiger partial charge in [-0.1, -0.05) is 6.07 Å². The molecule has 1 atom stereocenters. The molecule has 2 aliphatic rings. The van der Waals surface area contributed by atoms with Gasteiger partial charge in [-0.2, -0.15) is 0 Å². The van der Waals surface area contributed by atoms with E-state index in [2.05, 4.69) is 4.98 Å². The maximum atomic E-state index is 12.5. The molecule has 2 saturated heterocycles. The Labute approximate surface area is 152 Å². The van der Waals surface area contributed by atoms with E-state index in [-0.39, 0.29) is 30.4 Å². The molecule has 0 radical (unpaired) electrons. The van der Waals surface area contributed by atoms with Gasteiger partial charge in [-0.3, -0.25) is 19.5 Å². The number of carbonyl (C=O) groups is 3. The SMILES string of the molecule is CN1C(=O)[C@H](CC(=O)N2CCC(OCc3cccnc3)CC2)N(C)C1=O. The number of likely N-dealkylation sites (N-methyl/N-ethyl adjacent to an activating group) is 2. The number of imide groups is 1. The van der Waals surface area contributed by atoms with Gasteiger partial charge < -0.3 is 14.5 Å². The van der Waals surface area contributed by atoms with E-state index < -0.39 is 6.04 Å². The lowest BCUT2D eigenvalue weighted by atomic mass is 10.1. The van der Waals surface area contributed by atoms with Crippen LogP contribution in [0.2, 0.25) is 0 Å². The van der Waals surface area contributed by atoms with Gasteiger partial charge in [0, 0.05) is 39.6 Å². The number of nitrogens with zero attached hydrogens (tertiary/aromatic N) is 4. The molecule has 0 unspecified atom stereocenters. The minimum absolute atomic E-state index is 0.0343. The maximum absolute atomic E-state index is 12.5. The van der Waals surface area contributed by atoms with Crippen LogP contribution in [0.5, 0.6) is 0 Å². The molecule has 2 aliphatic heterocycles. The average Bonchev–Trinajstić information content (AvgIpc) is 2.85. The number of hydrogen-bond donors (Lipinski definition) is 0.